The van der Waals surface area contributed by atoms with E-state index in [0.717, 1.165) is 30.5 Å². The van der Waals surface area contributed by atoms with Gasteiger partial charge in [0, 0.05) is 19.2 Å². The Bertz CT molecular complexity index is 811. The molecule has 2 aliphatic heterocycles. The van der Waals surface area contributed by atoms with Crippen LogP contribution in [0.2, 0.25) is 0 Å². The first-order valence-corrected chi connectivity index (χ1v) is 9.98. The maximum atomic E-state index is 13.3. The summed E-state index contributed by atoms with van der Waals surface area (Å²) in [4.78, 5) is 29.6. The SMILES string of the molecule is C=CCN1C(=O)NC(c2cc(OC)cc(OC)c2)C2=C1CN(CCCCC)C2=O. The lowest BCUT2D eigenvalue weighted by molar-refractivity contribution is -0.125. The molecule has 3 amide bonds. The smallest absolute Gasteiger partial charge is 0.322 e. The lowest BCUT2D eigenvalue weighted by atomic mass is 9.95. The average molecular weight is 399 g/mol. The molecule has 0 fully saturated rings. The van der Waals surface area contributed by atoms with Gasteiger partial charge >= 0.3 is 6.03 Å². The third kappa shape index (κ3) is 4.09. The van der Waals surface area contributed by atoms with E-state index in [0.29, 0.717) is 36.7 Å². The van der Waals surface area contributed by atoms with Gasteiger partial charge in [-0.3, -0.25) is 9.69 Å². The van der Waals surface area contributed by atoms with Crippen LogP contribution in [0, 0.1) is 0 Å². The number of carbonyl (C=O) groups excluding carboxylic acids is 2. The number of benzene rings is 1. The number of methoxy groups -OCH3 is 2. The zero-order chi connectivity index (χ0) is 21.0. The summed E-state index contributed by atoms with van der Waals surface area (Å²) in [5, 5.41) is 2.98. The van der Waals surface area contributed by atoms with E-state index in [1.54, 1.807) is 31.3 Å². The molecule has 1 atom stereocenters. The highest BCUT2D eigenvalue weighted by molar-refractivity contribution is 6.01. The van der Waals surface area contributed by atoms with Crippen LogP contribution in [0.5, 0.6) is 11.5 Å². The minimum Gasteiger partial charge on any atom is -0.497 e. The highest BCUT2D eigenvalue weighted by Gasteiger charge is 2.43. The molecule has 0 aliphatic carbocycles. The third-order valence-electron chi connectivity index (χ3n) is 5.35. The fraction of sp³-hybridized carbons (Fsp3) is 0.455. The van der Waals surface area contributed by atoms with Crippen LogP contribution in [0.15, 0.2) is 42.1 Å². The summed E-state index contributed by atoms with van der Waals surface area (Å²) in [7, 11) is 3.15. The molecule has 1 N–H and O–H groups in total. The Morgan fingerprint density at radius 1 is 1.17 bits per heavy atom. The molecule has 7 heteroatoms. The molecule has 0 saturated heterocycles. The molecule has 0 radical (unpaired) electrons. The van der Waals surface area contributed by atoms with Crippen molar-refractivity contribution in [3.05, 3.63) is 47.7 Å². The largest absolute Gasteiger partial charge is 0.497 e. The standard InChI is InChI=1S/C22H29N3O4/c1-5-7-8-10-24-14-18-19(21(24)26)20(23-22(27)25(18)9-6-2)15-11-16(28-3)13-17(12-15)29-4/h6,11-13,20H,2,5,7-10,14H2,1,3-4H3,(H,23,27). The monoisotopic (exact) mass is 399 g/mol. The van der Waals surface area contributed by atoms with Gasteiger partial charge in [-0.15, -0.1) is 6.58 Å². The number of rotatable bonds is 9. The van der Waals surface area contributed by atoms with Crippen molar-refractivity contribution in [2.45, 2.75) is 32.2 Å². The fourth-order valence-corrected chi connectivity index (χ4v) is 3.85. The molecule has 0 bridgehead atoms. The molecule has 1 aromatic rings. The molecule has 0 spiro atoms. The third-order valence-corrected chi connectivity index (χ3v) is 5.35. The topological polar surface area (TPSA) is 71.1 Å². The molecule has 0 aromatic heterocycles. The molecule has 29 heavy (non-hydrogen) atoms. The second-order valence-electron chi connectivity index (χ2n) is 7.22. The van der Waals surface area contributed by atoms with Crippen LogP contribution in [0.3, 0.4) is 0 Å². The number of carbonyl (C=O) groups is 2. The Morgan fingerprint density at radius 3 is 2.45 bits per heavy atom. The molecule has 156 valence electrons. The lowest BCUT2D eigenvalue weighted by Crippen LogP contribution is -2.47. The number of ether oxygens (including phenoxy) is 2. The summed E-state index contributed by atoms with van der Waals surface area (Å²) in [6.07, 6.45) is 4.77. The van der Waals surface area contributed by atoms with Crippen LogP contribution in [0.4, 0.5) is 4.79 Å². The van der Waals surface area contributed by atoms with Crippen LogP contribution >= 0.6 is 0 Å². The summed E-state index contributed by atoms with van der Waals surface area (Å²) in [5.41, 5.74) is 2.12. The molecule has 1 unspecified atom stereocenters. The van der Waals surface area contributed by atoms with Crippen molar-refractivity contribution in [1.29, 1.82) is 0 Å². The van der Waals surface area contributed by atoms with Gasteiger partial charge in [-0.2, -0.15) is 0 Å². The number of amides is 3. The maximum Gasteiger partial charge on any atom is 0.322 e. The van der Waals surface area contributed by atoms with Gasteiger partial charge in [0.2, 0.25) is 0 Å². The van der Waals surface area contributed by atoms with E-state index >= 15 is 0 Å². The van der Waals surface area contributed by atoms with E-state index in [9.17, 15) is 9.59 Å². The first-order chi connectivity index (χ1) is 14.0. The molecule has 2 heterocycles. The van der Waals surface area contributed by atoms with Gasteiger partial charge < -0.3 is 19.7 Å². The number of hydrogen-bond donors (Lipinski definition) is 1. The van der Waals surface area contributed by atoms with E-state index < -0.39 is 6.04 Å². The summed E-state index contributed by atoms with van der Waals surface area (Å²) in [5.74, 6) is 1.18. The predicted molar refractivity (Wildman–Crippen MR) is 111 cm³/mol. The quantitative estimate of drug-likeness (QED) is 0.511. The number of unbranched alkanes of at least 4 members (excludes halogenated alkanes) is 2. The van der Waals surface area contributed by atoms with Gasteiger partial charge in [0.05, 0.1) is 38.1 Å². The first kappa shape index (κ1) is 20.8. The molecular formula is C22H29N3O4. The van der Waals surface area contributed by atoms with E-state index in [4.69, 9.17) is 9.47 Å². The molecule has 3 rings (SSSR count). The zero-order valence-corrected chi connectivity index (χ0v) is 17.4. The van der Waals surface area contributed by atoms with Crippen molar-refractivity contribution < 1.29 is 19.1 Å². The number of nitrogens with zero attached hydrogens (tertiary/aromatic N) is 2. The minimum atomic E-state index is -0.550. The van der Waals surface area contributed by atoms with Crippen molar-refractivity contribution >= 4 is 11.9 Å². The van der Waals surface area contributed by atoms with E-state index in [1.807, 2.05) is 17.0 Å². The predicted octanol–water partition coefficient (Wildman–Crippen LogP) is 3.24. The summed E-state index contributed by atoms with van der Waals surface area (Å²) < 4.78 is 10.7. The van der Waals surface area contributed by atoms with Gasteiger partial charge in [-0.05, 0) is 24.1 Å². The first-order valence-electron chi connectivity index (χ1n) is 9.98. The normalized spacial score (nSPS) is 18.7. The lowest BCUT2D eigenvalue weighted by Gasteiger charge is -2.33. The fourth-order valence-electron chi connectivity index (χ4n) is 3.85. The van der Waals surface area contributed by atoms with Gasteiger partial charge in [0.25, 0.3) is 5.91 Å². The number of hydrogen-bond acceptors (Lipinski definition) is 4. The van der Waals surface area contributed by atoms with Crippen LogP contribution < -0.4 is 14.8 Å². The Hall–Kier alpha value is -2.96. The van der Waals surface area contributed by atoms with Gasteiger partial charge in [-0.25, -0.2) is 4.79 Å². The molecule has 1 aromatic carbocycles. The van der Waals surface area contributed by atoms with Crippen molar-refractivity contribution in [3.8, 4) is 11.5 Å². The summed E-state index contributed by atoms with van der Waals surface area (Å²) in [6, 6.07) is 4.63. The van der Waals surface area contributed by atoms with Crippen LogP contribution in [0.1, 0.15) is 37.8 Å². The van der Waals surface area contributed by atoms with Crippen molar-refractivity contribution in [3.63, 3.8) is 0 Å². The highest BCUT2D eigenvalue weighted by Crippen LogP contribution is 2.38. The van der Waals surface area contributed by atoms with Gasteiger partial charge in [0.1, 0.15) is 11.5 Å². The molecule has 2 aliphatic rings. The van der Waals surface area contributed by atoms with Gasteiger partial charge in [0.15, 0.2) is 0 Å². The molecular weight excluding hydrogens is 370 g/mol. The van der Waals surface area contributed by atoms with E-state index in [-0.39, 0.29) is 11.9 Å². The second kappa shape index (κ2) is 9.03. The Labute approximate surface area is 171 Å². The maximum absolute atomic E-state index is 13.3. The molecule has 0 saturated carbocycles. The van der Waals surface area contributed by atoms with Crippen molar-refractivity contribution in [1.82, 2.24) is 15.1 Å². The second-order valence-corrected chi connectivity index (χ2v) is 7.22. The summed E-state index contributed by atoms with van der Waals surface area (Å²) >= 11 is 0. The van der Waals surface area contributed by atoms with E-state index in [1.165, 1.54) is 0 Å². The zero-order valence-electron chi connectivity index (χ0n) is 17.4. The van der Waals surface area contributed by atoms with Crippen LogP contribution in [0.25, 0.3) is 0 Å². The van der Waals surface area contributed by atoms with E-state index in [2.05, 4.69) is 18.8 Å². The highest BCUT2D eigenvalue weighted by atomic mass is 16.5. The van der Waals surface area contributed by atoms with Crippen LogP contribution in [-0.2, 0) is 4.79 Å². The average Bonchev–Trinajstić information content (AvgIpc) is 3.06. The number of nitrogens with one attached hydrogen (secondary N) is 1. The Morgan fingerprint density at radius 2 is 1.86 bits per heavy atom. The number of urea groups is 1. The molecule has 7 nitrogen and oxygen atoms in total. The summed E-state index contributed by atoms with van der Waals surface area (Å²) in [6.45, 7) is 7.37. The van der Waals surface area contributed by atoms with Crippen molar-refractivity contribution in [2.75, 3.05) is 33.9 Å². The Kier molecular flexibility index (Phi) is 6.46. The Balaban J connectivity index is 2.01. The van der Waals surface area contributed by atoms with Gasteiger partial charge in [-0.1, -0.05) is 25.8 Å². The minimum absolute atomic E-state index is 0.0306. The van der Waals surface area contributed by atoms with Crippen molar-refractivity contribution in [2.24, 2.45) is 0 Å². The van der Waals surface area contributed by atoms with Crippen LogP contribution in [-0.4, -0.2) is 55.6 Å².